The first-order valence-corrected chi connectivity index (χ1v) is 11.7. The van der Waals surface area contributed by atoms with Crippen LogP contribution >= 0.6 is 0 Å². The molecular formula is C26H26N8O4. The summed E-state index contributed by atoms with van der Waals surface area (Å²) in [6.45, 7) is 6.31. The summed E-state index contributed by atoms with van der Waals surface area (Å²) < 4.78 is 5.34. The van der Waals surface area contributed by atoms with E-state index in [4.69, 9.17) is 4.74 Å². The van der Waals surface area contributed by atoms with Gasteiger partial charge in [-0.15, -0.1) is 0 Å². The van der Waals surface area contributed by atoms with E-state index in [-0.39, 0.29) is 29.3 Å². The Hall–Kier alpha value is -5.26. The smallest absolute Gasteiger partial charge is 0.269 e. The lowest BCUT2D eigenvalue weighted by atomic mass is 10.1. The van der Waals surface area contributed by atoms with Gasteiger partial charge in [0, 0.05) is 23.5 Å². The number of anilines is 5. The van der Waals surface area contributed by atoms with Crippen LogP contribution < -0.4 is 20.8 Å². The molecule has 12 heteroatoms. The first-order valence-electron chi connectivity index (χ1n) is 11.7. The summed E-state index contributed by atoms with van der Waals surface area (Å²) >= 11 is 0. The second-order valence-corrected chi connectivity index (χ2v) is 8.19. The number of non-ortho nitro benzene ring substituents is 1. The molecule has 4 aromatic rings. The van der Waals surface area contributed by atoms with Crippen LogP contribution in [-0.2, 0) is 0 Å². The van der Waals surface area contributed by atoms with Gasteiger partial charge in [0.15, 0.2) is 11.5 Å². The number of hydrogen-bond donors (Lipinski definition) is 4. The fourth-order valence-corrected chi connectivity index (χ4v) is 3.34. The van der Waals surface area contributed by atoms with Crippen LogP contribution in [0, 0.1) is 24.0 Å². The largest absolute Gasteiger partial charge is 0.504 e. The Morgan fingerprint density at radius 3 is 2.21 bits per heavy atom. The fraction of sp³-hybridized carbons (Fsp3) is 0.154. The molecule has 4 rings (SSSR count). The number of hydrogen-bond acceptors (Lipinski definition) is 11. The molecule has 0 fully saturated rings. The number of nitro benzene ring substituents is 1. The number of aryl methyl sites for hydroxylation is 2. The summed E-state index contributed by atoms with van der Waals surface area (Å²) in [6.07, 6.45) is 1.50. The molecule has 3 aromatic carbocycles. The number of benzene rings is 3. The summed E-state index contributed by atoms with van der Waals surface area (Å²) in [5, 5.41) is 31.4. The monoisotopic (exact) mass is 514 g/mol. The lowest BCUT2D eigenvalue weighted by Gasteiger charge is -2.11. The third kappa shape index (κ3) is 6.69. The molecule has 1 heterocycles. The van der Waals surface area contributed by atoms with E-state index in [1.807, 2.05) is 39.0 Å². The van der Waals surface area contributed by atoms with Crippen molar-refractivity contribution in [2.24, 2.45) is 5.10 Å². The van der Waals surface area contributed by atoms with Gasteiger partial charge in [0.2, 0.25) is 17.8 Å². The third-order valence-corrected chi connectivity index (χ3v) is 5.39. The Kier molecular flexibility index (Phi) is 7.92. The first-order chi connectivity index (χ1) is 18.3. The highest BCUT2D eigenvalue weighted by Gasteiger charge is 2.10. The SMILES string of the molecule is CCOc1ccc(/C=N\Nc2nc(Nc3ccc([N+](=O)[O-])cc3)nc(Nc3ccc(C)c(C)c3)n2)cc1O. The van der Waals surface area contributed by atoms with E-state index >= 15 is 0 Å². The second-order valence-electron chi connectivity index (χ2n) is 8.19. The topological polar surface area (TPSA) is 160 Å². The fourth-order valence-electron chi connectivity index (χ4n) is 3.34. The number of aromatic hydroxyl groups is 1. The van der Waals surface area contributed by atoms with Gasteiger partial charge < -0.3 is 20.5 Å². The zero-order chi connectivity index (χ0) is 27.1. The van der Waals surface area contributed by atoms with Crippen LogP contribution in [0.15, 0.2) is 65.8 Å². The summed E-state index contributed by atoms with van der Waals surface area (Å²) in [6, 6.07) is 16.7. The van der Waals surface area contributed by atoms with Crippen molar-refractivity contribution in [3.8, 4) is 11.5 Å². The number of aromatic nitrogens is 3. The van der Waals surface area contributed by atoms with Crippen molar-refractivity contribution >= 4 is 41.1 Å². The lowest BCUT2D eigenvalue weighted by molar-refractivity contribution is -0.384. The van der Waals surface area contributed by atoms with Gasteiger partial charge >= 0.3 is 0 Å². The van der Waals surface area contributed by atoms with Crippen molar-refractivity contribution < 1.29 is 14.8 Å². The van der Waals surface area contributed by atoms with Crippen molar-refractivity contribution in [1.82, 2.24) is 15.0 Å². The molecule has 0 unspecified atom stereocenters. The molecule has 0 spiro atoms. The number of nitrogens with zero attached hydrogens (tertiary/aromatic N) is 5. The molecule has 0 atom stereocenters. The molecule has 0 bridgehead atoms. The van der Waals surface area contributed by atoms with Crippen LogP contribution in [0.1, 0.15) is 23.6 Å². The van der Waals surface area contributed by atoms with Gasteiger partial charge in [-0.2, -0.15) is 20.1 Å². The van der Waals surface area contributed by atoms with Gasteiger partial charge in [0.25, 0.3) is 5.69 Å². The van der Waals surface area contributed by atoms with Gasteiger partial charge in [-0.1, -0.05) is 6.07 Å². The number of hydrazone groups is 1. The molecule has 0 saturated carbocycles. The zero-order valence-corrected chi connectivity index (χ0v) is 21.0. The number of phenols is 1. The normalized spacial score (nSPS) is 10.8. The van der Waals surface area contributed by atoms with Crippen molar-refractivity contribution in [3.63, 3.8) is 0 Å². The summed E-state index contributed by atoms with van der Waals surface area (Å²) in [4.78, 5) is 23.6. The lowest BCUT2D eigenvalue weighted by Crippen LogP contribution is -2.07. The Morgan fingerprint density at radius 1 is 0.921 bits per heavy atom. The van der Waals surface area contributed by atoms with Crippen molar-refractivity contribution in [3.05, 3.63) is 87.5 Å². The highest BCUT2D eigenvalue weighted by atomic mass is 16.6. The third-order valence-electron chi connectivity index (χ3n) is 5.39. The number of phenolic OH excluding ortho intramolecular Hbond substituents is 1. The van der Waals surface area contributed by atoms with E-state index in [1.54, 1.807) is 24.3 Å². The second kappa shape index (κ2) is 11.6. The minimum atomic E-state index is -0.470. The Labute approximate surface area is 218 Å². The zero-order valence-electron chi connectivity index (χ0n) is 21.0. The molecule has 4 N–H and O–H groups in total. The van der Waals surface area contributed by atoms with E-state index in [9.17, 15) is 15.2 Å². The average Bonchev–Trinajstić information content (AvgIpc) is 2.88. The standard InChI is InChI=1S/C26H26N8O4/c1-4-38-23-12-6-18(14-22(23)35)15-27-33-26-31-24(28-19-8-10-21(11-9-19)34(36)37)30-25(32-26)29-20-7-5-16(2)17(3)13-20/h5-15,35H,4H2,1-3H3,(H3,28,29,30,31,32,33)/b27-15-. The number of nitro groups is 1. The van der Waals surface area contributed by atoms with Gasteiger partial charge in [-0.25, -0.2) is 5.43 Å². The van der Waals surface area contributed by atoms with Crippen LogP contribution in [0.2, 0.25) is 0 Å². The molecular weight excluding hydrogens is 488 g/mol. The van der Waals surface area contributed by atoms with Crippen LogP contribution in [0.5, 0.6) is 11.5 Å². The predicted molar refractivity (Wildman–Crippen MR) is 146 cm³/mol. The maximum Gasteiger partial charge on any atom is 0.269 e. The summed E-state index contributed by atoms with van der Waals surface area (Å²) in [5.74, 6) is 0.979. The molecule has 0 radical (unpaired) electrons. The van der Waals surface area contributed by atoms with E-state index < -0.39 is 4.92 Å². The van der Waals surface area contributed by atoms with Crippen LogP contribution in [0.25, 0.3) is 0 Å². The highest BCUT2D eigenvalue weighted by Crippen LogP contribution is 2.26. The summed E-state index contributed by atoms with van der Waals surface area (Å²) in [5.41, 5.74) is 6.98. The molecule has 0 aliphatic carbocycles. The molecule has 38 heavy (non-hydrogen) atoms. The molecule has 0 aliphatic heterocycles. The van der Waals surface area contributed by atoms with E-state index in [0.717, 1.165) is 16.8 Å². The van der Waals surface area contributed by atoms with Gasteiger partial charge in [0.05, 0.1) is 17.7 Å². The molecule has 0 aliphatic rings. The quantitative estimate of drug-likeness (QED) is 0.122. The average molecular weight is 515 g/mol. The highest BCUT2D eigenvalue weighted by molar-refractivity contribution is 5.81. The van der Waals surface area contributed by atoms with E-state index in [1.165, 1.54) is 24.4 Å². The minimum absolute atomic E-state index is 0.00502. The molecule has 0 amide bonds. The Balaban J connectivity index is 1.58. The number of ether oxygens (including phenoxy) is 1. The summed E-state index contributed by atoms with van der Waals surface area (Å²) in [7, 11) is 0. The maximum atomic E-state index is 10.9. The molecule has 12 nitrogen and oxygen atoms in total. The molecule has 194 valence electrons. The van der Waals surface area contributed by atoms with Crippen molar-refractivity contribution in [2.45, 2.75) is 20.8 Å². The molecule has 1 aromatic heterocycles. The maximum absolute atomic E-state index is 10.9. The first kappa shape index (κ1) is 25.8. The van der Waals surface area contributed by atoms with Crippen LogP contribution in [-0.4, -0.2) is 37.8 Å². The van der Waals surface area contributed by atoms with Gasteiger partial charge in [-0.05, 0) is 79.9 Å². The Morgan fingerprint density at radius 2 is 1.58 bits per heavy atom. The van der Waals surface area contributed by atoms with Crippen LogP contribution in [0.3, 0.4) is 0 Å². The molecule has 0 saturated heterocycles. The van der Waals surface area contributed by atoms with Gasteiger partial charge in [0.1, 0.15) is 0 Å². The van der Waals surface area contributed by atoms with E-state index in [2.05, 4.69) is 36.1 Å². The van der Waals surface area contributed by atoms with Gasteiger partial charge in [-0.3, -0.25) is 10.1 Å². The minimum Gasteiger partial charge on any atom is -0.504 e. The number of nitrogens with one attached hydrogen (secondary N) is 3. The Bertz CT molecular complexity index is 1480. The van der Waals surface area contributed by atoms with Crippen molar-refractivity contribution in [1.29, 1.82) is 0 Å². The predicted octanol–water partition coefficient (Wildman–Crippen LogP) is 5.43. The van der Waals surface area contributed by atoms with Crippen LogP contribution in [0.4, 0.5) is 34.9 Å². The van der Waals surface area contributed by atoms with E-state index in [0.29, 0.717) is 23.6 Å². The van der Waals surface area contributed by atoms with Crippen molar-refractivity contribution in [2.75, 3.05) is 22.7 Å². The number of rotatable bonds is 10.